The highest BCUT2D eigenvalue weighted by atomic mass is 16.1. The maximum atomic E-state index is 11.9. The SMILES string of the molecule is CCNC(C)CC(=O)NCC1CC2CCC(C1)N2C. The summed E-state index contributed by atoms with van der Waals surface area (Å²) in [6.45, 7) is 5.94. The fourth-order valence-corrected chi connectivity index (χ4v) is 3.72. The van der Waals surface area contributed by atoms with Crippen LogP contribution in [0.2, 0.25) is 0 Å². The van der Waals surface area contributed by atoms with Crippen molar-refractivity contribution >= 4 is 5.91 Å². The van der Waals surface area contributed by atoms with Crippen LogP contribution in [0.15, 0.2) is 0 Å². The number of nitrogens with zero attached hydrogens (tertiary/aromatic N) is 1. The molecule has 2 fully saturated rings. The molecule has 2 bridgehead atoms. The van der Waals surface area contributed by atoms with Gasteiger partial charge in [-0.1, -0.05) is 6.92 Å². The molecule has 4 nitrogen and oxygen atoms in total. The number of hydrogen-bond donors (Lipinski definition) is 2. The number of carbonyl (C=O) groups excluding carboxylic acids is 1. The van der Waals surface area contributed by atoms with Gasteiger partial charge in [-0.2, -0.15) is 0 Å². The Morgan fingerprint density at radius 1 is 1.32 bits per heavy atom. The molecule has 1 amide bonds. The van der Waals surface area contributed by atoms with E-state index in [1.165, 1.54) is 25.7 Å². The van der Waals surface area contributed by atoms with E-state index in [4.69, 9.17) is 0 Å². The maximum absolute atomic E-state index is 11.9. The molecule has 3 atom stereocenters. The second-order valence-corrected chi connectivity index (χ2v) is 6.35. The van der Waals surface area contributed by atoms with Crippen molar-refractivity contribution in [3.63, 3.8) is 0 Å². The zero-order valence-electron chi connectivity index (χ0n) is 12.6. The summed E-state index contributed by atoms with van der Waals surface area (Å²) < 4.78 is 0. The van der Waals surface area contributed by atoms with E-state index in [2.05, 4.69) is 36.4 Å². The van der Waals surface area contributed by atoms with E-state index in [0.29, 0.717) is 12.3 Å². The minimum atomic E-state index is 0.194. The van der Waals surface area contributed by atoms with Crippen LogP contribution in [0.25, 0.3) is 0 Å². The highest BCUT2D eigenvalue weighted by Crippen LogP contribution is 2.36. The first-order chi connectivity index (χ1) is 9.10. The van der Waals surface area contributed by atoms with Gasteiger partial charge in [0.1, 0.15) is 0 Å². The predicted octanol–water partition coefficient (Wildman–Crippen LogP) is 1.36. The monoisotopic (exact) mass is 267 g/mol. The van der Waals surface area contributed by atoms with Gasteiger partial charge in [0.25, 0.3) is 0 Å². The average molecular weight is 267 g/mol. The number of fused-ring (bicyclic) bond motifs is 2. The smallest absolute Gasteiger partial charge is 0.221 e. The van der Waals surface area contributed by atoms with Crippen LogP contribution in [0.3, 0.4) is 0 Å². The summed E-state index contributed by atoms with van der Waals surface area (Å²) in [6.07, 6.45) is 5.81. The van der Waals surface area contributed by atoms with E-state index >= 15 is 0 Å². The molecular weight excluding hydrogens is 238 g/mol. The third kappa shape index (κ3) is 3.93. The van der Waals surface area contributed by atoms with E-state index in [9.17, 15) is 4.79 Å². The molecule has 2 rings (SSSR count). The van der Waals surface area contributed by atoms with Crippen molar-refractivity contribution in [1.82, 2.24) is 15.5 Å². The zero-order valence-corrected chi connectivity index (χ0v) is 12.6. The molecule has 2 aliphatic rings. The fraction of sp³-hybridized carbons (Fsp3) is 0.933. The zero-order chi connectivity index (χ0) is 13.8. The van der Waals surface area contributed by atoms with Crippen molar-refractivity contribution < 1.29 is 4.79 Å². The second-order valence-electron chi connectivity index (χ2n) is 6.35. The van der Waals surface area contributed by atoms with E-state index < -0.39 is 0 Å². The molecule has 2 saturated heterocycles. The van der Waals surface area contributed by atoms with Crippen LogP contribution in [0.1, 0.15) is 46.0 Å². The summed E-state index contributed by atoms with van der Waals surface area (Å²) in [5, 5.41) is 6.40. The van der Waals surface area contributed by atoms with Crippen molar-refractivity contribution in [2.45, 2.75) is 64.1 Å². The molecule has 3 unspecified atom stereocenters. The summed E-state index contributed by atoms with van der Waals surface area (Å²) in [5.41, 5.74) is 0. The van der Waals surface area contributed by atoms with E-state index in [1.807, 2.05) is 0 Å². The normalized spacial score (nSPS) is 32.3. The minimum absolute atomic E-state index is 0.194. The van der Waals surface area contributed by atoms with Crippen molar-refractivity contribution in [2.75, 3.05) is 20.1 Å². The Balaban J connectivity index is 1.67. The summed E-state index contributed by atoms with van der Waals surface area (Å²) in [5.74, 6) is 0.881. The van der Waals surface area contributed by atoms with Gasteiger partial charge in [0.05, 0.1) is 0 Å². The van der Waals surface area contributed by atoms with Gasteiger partial charge in [-0.05, 0) is 52.1 Å². The summed E-state index contributed by atoms with van der Waals surface area (Å²) in [4.78, 5) is 14.4. The van der Waals surface area contributed by atoms with Crippen LogP contribution in [0, 0.1) is 5.92 Å². The van der Waals surface area contributed by atoms with Crippen molar-refractivity contribution in [3.05, 3.63) is 0 Å². The number of piperidine rings is 1. The molecular formula is C15H29N3O. The first kappa shape index (κ1) is 14.8. The minimum Gasteiger partial charge on any atom is -0.356 e. The molecule has 0 aromatic rings. The molecule has 0 saturated carbocycles. The van der Waals surface area contributed by atoms with Gasteiger partial charge in [-0.15, -0.1) is 0 Å². The molecule has 0 radical (unpaired) electrons. The van der Waals surface area contributed by atoms with Gasteiger partial charge < -0.3 is 15.5 Å². The maximum Gasteiger partial charge on any atom is 0.221 e. The van der Waals surface area contributed by atoms with E-state index in [1.54, 1.807) is 0 Å². The van der Waals surface area contributed by atoms with Gasteiger partial charge in [-0.3, -0.25) is 4.79 Å². The lowest BCUT2D eigenvalue weighted by Gasteiger charge is -2.36. The third-order valence-electron chi connectivity index (χ3n) is 4.83. The Labute approximate surface area is 117 Å². The molecule has 19 heavy (non-hydrogen) atoms. The van der Waals surface area contributed by atoms with Gasteiger partial charge >= 0.3 is 0 Å². The van der Waals surface area contributed by atoms with E-state index in [-0.39, 0.29) is 11.9 Å². The van der Waals surface area contributed by atoms with Crippen LogP contribution in [0.4, 0.5) is 0 Å². The first-order valence-corrected chi connectivity index (χ1v) is 7.82. The first-order valence-electron chi connectivity index (χ1n) is 7.82. The Bertz CT molecular complexity index is 294. The van der Waals surface area contributed by atoms with Gasteiger partial charge in [0, 0.05) is 31.1 Å². The molecule has 4 heteroatoms. The molecule has 2 N–H and O–H groups in total. The molecule has 110 valence electrons. The lowest BCUT2D eigenvalue weighted by Crippen LogP contribution is -2.43. The lowest BCUT2D eigenvalue weighted by atomic mass is 9.91. The van der Waals surface area contributed by atoms with Crippen LogP contribution in [0.5, 0.6) is 0 Å². The standard InChI is InChI=1S/C15H29N3O/c1-4-16-11(2)7-15(19)17-10-12-8-13-5-6-14(9-12)18(13)3/h11-14,16H,4-10H2,1-3H3,(H,17,19). The second kappa shape index (κ2) is 6.71. The fourth-order valence-electron chi connectivity index (χ4n) is 3.72. The van der Waals surface area contributed by atoms with Crippen LogP contribution in [-0.4, -0.2) is 49.1 Å². The number of carbonyl (C=O) groups is 1. The van der Waals surface area contributed by atoms with Crippen molar-refractivity contribution in [2.24, 2.45) is 5.92 Å². The van der Waals surface area contributed by atoms with Gasteiger partial charge in [0.2, 0.25) is 5.91 Å². The Hall–Kier alpha value is -0.610. The Morgan fingerprint density at radius 2 is 1.95 bits per heavy atom. The van der Waals surface area contributed by atoms with Crippen molar-refractivity contribution in [3.8, 4) is 0 Å². The largest absolute Gasteiger partial charge is 0.356 e. The van der Waals surface area contributed by atoms with Gasteiger partial charge in [0.15, 0.2) is 0 Å². The summed E-state index contributed by atoms with van der Waals surface area (Å²) in [6, 6.07) is 1.81. The van der Waals surface area contributed by atoms with Crippen LogP contribution < -0.4 is 10.6 Å². The highest BCUT2D eigenvalue weighted by Gasteiger charge is 2.38. The molecule has 0 aromatic carbocycles. The van der Waals surface area contributed by atoms with Gasteiger partial charge in [-0.25, -0.2) is 0 Å². The van der Waals surface area contributed by atoms with Crippen LogP contribution >= 0.6 is 0 Å². The molecule has 0 spiro atoms. The number of rotatable bonds is 6. The quantitative estimate of drug-likeness (QED) is 0.764. The van der Waals surface area contributed by atoms with E-state index in [0.717, 1.165) is 25.2 Å². The predicted molar refractivity (Wildman–Crippen MR) is 78.1 cm³/mol. The highest BCUT2D eigenvalue weighted by molar-refractivity contribution is 5.76. The molecule has 2 heterocycles. The lowest BCUT2D eigenvalue weighted by molar-refractivity contribution is -0.121. The average Bonchev–Trinajstić information content (AvgIpc) is 2.60. The topological polar surface area (TPSA) is 44.4 Å². The van der Waals surface area contributed by atoms with Crippen molar-refractivity contribution in [1.29, 1.82) is 0 Å². The number of amides is 1. The Kier molecular flexibility index (Phi) is 5.22. The number of nitrogens with one attached hydrogen (secondary N) is 2. The molecule has 0 aliphatic carbocycles. The molecule has 2 aliphatic heterocycles. The summed E-state index contributed by atoms with van der Waals surface area (Å²) in [7, 11) is 2.26. The Morgan fingerprint density at radius 3 is 2.53 bits per heavy atom. The molecule has 0 aromatic heterocycles. The third-order valence-corrected chi connectivity index (χ3v) is 4.83. The summed E-state index contributed by atoms with van der Waals surface area (Å²) >= 11 is 0. The number of hydrogen-bond acceptors (Lipinski definition) is 3. The van der Waals surface area contributed by atoms with Crippen LogP contribution in [-0.2, 0) is 4.79 Å².